The zero-order valence-electron chi connectivity index (χ0n) is 13.9. The lowest BCUT2D eigenvalue weighted by atomic mass is 10.0. The summed E-state index contributed by atoms with van der Waals surface area (Å²) in [5.41, 5.74) is 0.919. The molecule has 1 saturated heterocycles. The highest BCUT2D eigenvalue weighted by atomic mass is 16.2. The van der Waals surface area contributed by atoms with Crippen LogP contribution in [0.4, 0.5) is 5.82 Å². The molecule has 24 heavy (non-hydrogen) atoms. The molecule has 0 unspecified atom stereocenters. The van der Waals surface area contributed by atoms with Crippen LogP contribution in [0.25, 0.3) is 0 Å². The Morgan fingerprint density at radius 1 is 1.33 bits per heavy atom. The molecule has 0 aromatic carbocycles. The lowest BCUT2D eigenvalue weighted by molar-refractivity contribution is 0.0710. The van der Waals surface area contributed by atoms with Gasteiger partial charge in [-0.25, -0.2) is 10.1 Å². The molecule has 0 spiro atoms. The average Bonchev–Trinajstić information content (AvgIpc) is 2.61. The Morgan fingerprint density at radius 2 is 2.17 bits per heavy atom. The molecule has 7 nitrogen and oxygen atoms in total. The fraction of sp³-hybridized carbons (Fsp3) is 0.412. The predicted octanol–water partition coefficient (Wildman–Crippen LogP) is 1.21. The molecule has 2 aromatic heterocycles. The minimum Gasteiger partial charge on any atom is -0.355 e. The number of piperidine rings is 1. The molecule has 0 radical (unpaired) electrons. The average molecular weight is 327 g/mol. The van der Waals surface area contributed by atoms with E-state index in [4.69, 9.17) is 0 Å². The number of nitrogens with zero attached hydrogens (tertiary/aromatic N) is 4. The molecular weight excluding hydrogens is 306 g/mol. The number of aromatic nitrogens is 3. The van der Waals surface area contributed by atoms with Crippen molar-refractivity contribution in [2.45, 2.75) is 25.8 Å². The highest BCUT2D eigenvalue weighted by Crippen LogP contribution is 2.21. The molecule has 2 aromatic rings. The number of aromatic amines is 1. The molecule has 1 aliphatic rings. The maximum Gasteiger partial charge on any atom is 0.274 e. The number of anilines is 1. The van der Waals surface area contributed by atoms with Gasteiger partial charge in [-0.05, 0) is 38.0 Å². The summed E-state index contributed by atoms with van der Waals surface area (Å²) in [4.78, 5) is 32.1. The molecule has 1 amide bonds. The first-order valence-corrected chi connectivity index (χ1v) is 8.06. The number of nitrogens with one attached hydrogen (secondary N) is 1. The number of amides is 1. The van der Waals surface area contributed by atoms with Crippen molar-refractivity contribution in [3.63, 3.8) is 0 Å². The molecule has 0 aliphatic carbocycles. The van der Waals surface area contributed by atoms with E-state index in [1.165, 1.54) is 12.1 Å². The van der Waals surface area contributed by atoms with E-state index in [1.54, 1.807) is 11.9 Å². The van der Waals surface area contributed by atoms with Crippen LogP contribution in [0.2, 0.25) is 0 Å². The van der Waals surface area contributed by atoms with Crippen molar-refractivity contribution in [3.05, 3.63) is 52.1 Å². The second kappa shape index (κ2) is 6.82. The van der Waals surface area contributed by atoms with E-state index in [1.807, 2.05) is 25.1 Å². The zero-order chi connectivity index (χ0) is 17.1. The van der Waals surface area contributed by atoms with Gasteiger partial charge in [-0.15, -0.1) is 0 Å². The number of hydrogen-bond donors (Lipinski definition) is 1. The molecule has 0 saturated carbocycles. The van der Waals surface area contributed by atoms with Crippen molar-refractivity contribution in [1.82, 2.24) is 20.1 Å². The third-order valence-electron chi connectivity index (χ3n) is 4.36. The molecule has 3 rings (SSSR count). The first kappa shape index (κ1) is 16.2. The quantitative estimate of drug-likeness (QED) is 0.916. The maximum absolute atomic E-state index is 12.6. The highest BCUT2D eigenvalue weighted by molar-refractivity contribution is 5.92. The van der Waals surface area contributed by atoms with Gasteiger partial charge < -0.3 is 9.80 Å². The molecule has 1 N–H and O–H groups in total. The second-order valence-electron chi connectivity index (χ2n) is 6.10. The molecule has 1 atom stereocenters. The third kappa shape index (κ3) is 3.45. The van der Waals surface area contributed by atoms with E-state index in [-0.39, 0.29) is 23.2 Å². The SMILES string of the molecule is Cc1cccc(N2CCC[C@H](N(C)C(=O)c3ccc(=O)[nH]n3)C2)n1. The lowest BCUT2D eigenvalue weighted by Gasteiger charge is -2.38. The first-order valence-electron chi connectivity index (χ1n) is 8.06. The number of hydrogen-bond acceptors (Lipinski definition) is 5. The van der Waals surface area contributed by atoms with Gasteiger partial charge in [0.25, 0.3) is 11.5 Å². The summed E-state index contributed by atoms with van der Waals surface area (Å²) in [5, 5.41) is 6.13. The molecule has 126 valence electrons. The van der Waals surface area contributed by atoms with Crippen LogP contribution in [0.3, 0.4) is 0 Å². The van der Waals surface area contributed by atoms with Gasteiger partial charge in [0.15, 0.2) is 0 Å². The van der Waals surface area contributed by atoms with Crippen LogP contribution in [0.5, 0.6) is 0 Å². The summed E-state index contributed by atoms with van der Waals surface area (Å²) < 4.78 is 0. The zero-order valence-corrected chi connectivity index (χ0v) is 13.9. The van der Waals surface area contributed by atoms with Gasteiger partial charge >= 0.3 is 0 Å². The summed E-state index contributed by atoms with van der Waals surface area (Å²) in [6.45, 7) is 3.65. The van der Waals surface area contributed by atoms with E-state index in [2.05, 4.69) is 20.1 Å². The monoisotopic (exact) mass is 327 g/mol. The van der Waals surface area contributed by atoms with E-state index >= 15 is 0 Å². The van der Waals surface area contributed by atoms with Crippen molar-refractivity contribution in [2.24, 2.45) is 0 Å². The van der Waals surface area contributed by atoms with Gasteiger partial charge in [0.2, 0.25) is 0 Å². The number of carbonyl (C=O) groups is 1. The fourth-order valence-electron chi connectivity index (χ4n) is 2.99. The molecule has 7 heteroatoms. The molecular formula is C17H21N5O2. The van der Waals surface area contributed by atoms with Crippen molar-refractivity contribution in [2.75, 3.05) is 25.0 Å². The number of aryl methyl sites for hydroxylation is 1. The van der Waals surface area contributed by atoms with E-state index in [9.17, 15) is 9.59 Å². The summed E-state index contributed by atoms with van der Waals surface area (Å²) in [6, 6.07) is 8.84. The first-order chi connectivity index (χ1) is 11.5. The largest absolute Gasteiger partial charge is 0.355 e. The van der Waals surface area contributed by atoms with Crippen LogP contribution in [0.15, 0.2) is 35.1 Å². The normalized spacial score (nSPS) is 17.6. The highest BCUT2D eigenvalue weighted by Gasteiger charge is 2.28. The Kier molecular flexibility index (Phi) is 4.59. The van der Waals surface area contributed by atoms with Crippen LogP contribution < -0.4 is 10.5 Å². The Labute approximate surface area is 140 Å². The van der Waals surface area contributed by atoms with E-state index in [0.717, 1.165) is 37.4 Å². The topological polar surface area (TPSA) is 82.2 Å². The van der Waals surface area contributed by atoms with Crippen LogP contribution in [0.1, 0.15) is 29.0 Å². The van der Waals surface area contributed by atoms with E-state index < -0.39 is 0 Å². The smallest absolute Gasteiger partial charge is 0.274 e. The van der Waals surface area contributed by atoms with Gasteiger partial charge in [-0.2, -0.15) is 5.10 Å². The Bertz CT molecular complexity index is 768. The summed E-state index contributed by atoms with van der Waals surface area (Å²) in [7, 11) is 1.78. The maximum atomic E-state index is 12.6. The Morgan fingerprint density at radius 3 is 2.88 bits per heavy atom. The van der Waals surface area contributed by atoms with Gasteiger partial charge in [-0.3, -0.25) is 9.59 Å². The number of rotatable bonds is 3. The second-order valence-corrected chi connectivity index (χ2v) is 6.10. The van der Waals surface area contributed by atoms with Gasteiger partial charge in [0.1, 0.15) is 11.5 Å². The Hall–Kier alpha value is -2.70. The van der Waals surface area contributed by atoms with Gasteiger partial charge in [0.05, 0.1) is 0 Å². The third-order valence-corrected chi connectivity index (χ3v) is 4.36. The number of pyridine rings is 1. The summed E-state index contributed by atoms with van der Waals surface area (Å²) >= 11 is 0. The molecule has 0 bridgehead atoms. The van der Waals surface area contributed by atoms with Crippen LogP contribution >= 0.6 is 0 Å². The molecule has 3 heterocycles. The summed E-state index contributed by atoms with van der Waals surface area (Å²) in [5.74, 6) is 0.762. The van der Waals surface area contributed by atoms with E-state index in [0.29, 0.717) is 0 Å². The lowest BCUT2D eigenvalue weighted by Crippen LogP contribution is -2.49. The predicted molar refractivity (Wildman–Crippen MR) is 91.2 cm³/mol. The van der Waals surface area contributed by atoms with Crippen LogP contribution in [-0.4, -0.2) is 52.2 Å². The number of carbonyl (C=O) groups excluding carboxylic acids is 1. The molecule has 1 fully saturated rings. The van der Waals surface area contributed by atoms with Crippen molar-refractivity contribution < 1.29 is 4.79 Å². The van der Waals surface area contributed by atoms with Crippen LogP contribution in [0, 0.1) is 6.92 Å². The van der Waals surface area contributed by atoms with Gasteiger partial charge in [0, 0.05) is 37.9 Å². The van der Waals surface area contributed by atoms with Crippen molar-refractivity contribution in [3.8, 4) is 0 Å². The minimum absolute atomic E-state index is 0.0855. The van der Waals surface area contributed by atoms with Crippen molar-refractivity contribution in [1.29, 1.82) is 0 Å². The standard InChI is InChI=1S/C17H21N5O2/c1-12-5-3-7-15(18-12)22-10-4-6-13(11-22)21(2)17(24)14-8-9-16(23)20-19-14/h3,5,7-9,13H,4,6,10-11H2,1-2H3,(H,20,23)/t13-/m0/s1. The van der Waals surface area contributed by atoms with Gasteiger partial charge in [-0.1, -0.05) is 6.07 Å². The molecule has 1 aliphatic heterocycles. The number of likely N-dealkylation sites (N-methyl/N-ethyl adjacent to an activating group) is 1. The minimum atomic E-state index is -0.316. The Balaban J connectivity index is 1.73. The number of H-pyrrole nitrogens is 1. The van der Waals surface area contributed by atoms with Crippen molar-refractivity contribution >= 4 is 11.7 Å². The van der Waals surface area contributed by atoms with Crippen LogP contribution in [-0.2, 0) is 0 Å². The summed E-state index contributed by atoms with van der Waals surface area (Å²) in [6.07, 6.45) is 1.94. The fourth-order valence-corrected chi connectivity index (χ4v) is 2.99.